The van der Waals surface area contributed by atoms with Crippen LogP contribution in [-0.4, -0.2) is 20.6 Å². The maximum Gasteiger partial charge on any atom is 0.335 e. The Morgan fingerprint density at radius 3 is 2.87 bits per heavy atom. The van der Waals surface area contributed by atoms with Crippen LogP contribution in [0.15, 0.2) is 36.8 Å². The number of aryl methyl sites for hydroxylation is 1. The zero-order valence-corrected chi connectivity index (χ0v) is 8.21. The van der Waals surface area contributed by atoms with Gasteiger partial charge in [-0.3, -0.25) is 0 Å². The van der Waals surface area contributed by atoms with Crippen LogP contribution in [0.25, 0.3) is 11.3 Å². The van der Waals surface area contributed by atoms with Crippen molar-refractivity contribution in [3.8, 4) is 11.3 Å². The molecule has 0 atom stereocenters. The van der Waals surface area contributed by atoms with Crippen molar-refractivity contribution in [1.29, 1.82) is 0 Å². The highest BCUT2D eigenvalue weighted by Crippen LogP contribution is 2.17. The van der Waals surface area contributed by atoms with Crippen molar-refractivity contribution in [1.82, 2.24) is 9.55 Å². The SMILES string of the molecule is Cn1cnc(-c2cccc(C(=O)O)c2)c1. The van der Waals surface area contributed by atoms with E-state index in [1.807, 2.05) is 23.9 Å². The van der Waals surface area contributed by atoms with E-state index in [1.165, 1.54) is 0 Å². The zero-order chi connectivity index (χ0) is 10.8. The molecule has 0 saturated carbocycles. The fraction of sp³-hybridized carbons (Fsp3) is 0.0909. The van der Waals surface area contributed by atoms with E-state index in [-0.39, 0.29) is 5.56 Å². The van der Waals surface area contributed by atoms with Crippen LogP contribution >= 0.6 is 0 Å². The smallest absolute Gasteiger partial charge is 0.335 e. The summed E-state index contributed by atoms with van der Waals surface area (Å²) in [5.41, 5.74) is 1.87. The van der Waals surface area contributed by atoms with Crippen LogP contribution in [0.1, 0.15) is 10.4 Å². The summed E-state index contributed by atoms with van der Waals surface area (Å²) in [6, 6.07) is 6.74. The lowest BCUT2D eigenvalue weighted by Gasteiger charge is -1.98. The number of carboxylic acids is 1. The van der Waals surface area contributed by atoms with E-state index in [0.29, 0.717) is 0 Å². The fourth-order valence-electron chi connectivity index (χ4n) is 1.37. The Kier molecular flexibility index (Phi) is 2.25. The Bertz CT molecular complexity index is 503. The molecule has 0 amide bonds. The van der Waals surface area contributed by atoms with Crippen LogP contribution in [0.2, 0.25) is 0 Å². The van der Waals surface area contributed by atoms with Crippen molar-refractivity contribution in [3.05, 3.63) is 42.4 Å². The number of carbonyl (C=O) groups is 1. The van der Waals surface area contributed by atoms with Crippen molar-refractivity contribution in [2.45, 2.75) is 0 Å². The summed E-state index contributed by atoms with van der Waals surface area (Å²) in [5, 5.41) is 8.84. The van der Waals surface area contributed by atoms with Gasteiger partial charge in [-0.15, -0.1) is 0 Å². The second-order valence-electron chi connectivity index (χ2n) is 3.31. The van der Waals surface area contributed by atoms with Gasteiger partial charge in [0.05, 0.1) is 17.6 Å². The third kappa shape index (κ3) is 1.88. The first kappa shape index (κ1) is 9.45. The average molecular weight is 202 g/mol. The van der Waals surface area contributed by atoms with Crippen LogP contribution in [0, 0.1) is 0 Å². The summed E-state index contributed by atoms with van der Waals surface area (Å²) >= 11 is 0. The lowest BCUT2D eigenvalue weighted by molar-refractivity contribution is 0.0697. The highest BCUT2D eigenvalue weighted by atomic mass is 16.4. The van der Waals surface area contributed by atoms with Gasteiger partial charge in [-0.2, -0.15) is 0 Å². The molecule has 0 aliphatic carbocycles. The predicted octanol–water partition coefficient (Wildman–Crippen LogP) is 1.79. The topological polar surface area (TPSA) is 55.1 Å². The molecule has 76 valence electrons. The molecule has 0 saturated heterocycles. The van der Waals surface area contributed by atoms with Crippen molar-refractivity contribution >= 4 is 5.97 Å². The Labute approximate surface area is 86.8 Å². The summed E-state index contributed by atoms with van der Waals surface area (Å²) in [5.74, 6) is -0.923. The minimum absolute atomic E-state index is 0.276. The highest BCUT2D eigenvalue weighted by Gasteiger charge is 2.05. The molecular formula is C11H10N2O2. The van der Waals surface area contributed by atoms with Crippen LogP contribution in [-0.2, 0) is 7.05 Å². The maximum absolute atomic E-state index is 10.8. The van der Waals surface area contributed by atoms with Gasteiger partial charge in [0.15, 0.2) is 0 Å². The van der Waals surface area contributed by atoms with Gasteiger partial charge in [0.2, 0.25) is 0 Å². The van der Waals surface area contributed by atoms with E-state index < -0.39 is 5.97 Å². The van der Waals surface area contributed by atoms with E-state index >= 15 is 0 Å². The van der Waals surface area contributed by atoms with Crippen LogP contribution in [0.4, 0.5) is 0 Å². The molecule has 1 aromatic carbocycles. The van der Waals surface area contributed by atoms with Gasteiger partial charge >= 0.3 is 5.97 Å². The maximum atomic E-state index is 10.8. The first-order valence-electron chi connectivity index (χ1n) is 4.48. The van der Waals surface area contributed by atoms with Crippen molar-refractivity contribution in [3.63, 3.8) is 0 Å². The van der Waals surface area contributed by atoms with E-state index in [2.05, 4.69) is 4.98 Å². The van der Waals surface area contributed by atoms with Crippen molar-refractivity contribution < 1.29 is 9.90 Å². The minimum Gasteiger partial charge on any atom is -0.478 e. The van der Waals surface area contributed by atoms with Crippen molar-refractivity contribution in [2.24, 2.45) is 7.05 Å². The number of hydrogen-bond acceptors (Lipinski definition) is 2. The van der Waals surface area contributed by atoms with Gasteiger partial charge in [-0.05, 0) is 12.1 Å². The van der Waals surface area contributed by atoms with E-state index in [0.717, 1.165) is 11.3 Å². The molecule has 2 rings (SSSR count). The molecule has 1 N–H and O–H groups in total. The number of benzene rings is 1. The Morgan fingerprint density at radius 1 is 1.47 bits per heavy atom. The van der Waals surface area contributed by atoms with Crippen LogP contribution in [0.3, 0.4) is 0 Å². The molecule has 15 heavy (non-hydrogen) atoms. The summed E-state index contributed by atoms with van der Waals surface area (Å²) in [6.07, 6.45) is 3.53. The molecule has 0 aliphatic rings. The van der Waals surface area contributed by atoms with Crippen molar-refractivity contribution in [2.75, 3.05) is 0 Å². The Balaban J connectivity index is 2.45. The van der Waals surface area contributed by atoms with Crippen LogP contribution < -0.4 is 0 Å². The lowest BCUT2D eigenvalue weighted by atomic mass is 10.1. The minimum atomic E-state index is -0.923. The zero-order valence-electron chi connectivity index (χ0n) is 8.21. The Morgan fingerprint density at radius 2 is 2.27 bits per heavy atom. The molecule has 0 spiro atoms. The van der Waals surface area contributed by atoms with E-state index in [4.69, 9.17) is 5.11 Å². The summed E-state index contributed by atoms with van der Waals surface area (Å²) in [4.78, 5) is 14.9. The second-order valence-corrected chi connectivity index (χ2v) is 3.31. The molecule has 4 heteroatoms. The van der Waals surface area contributed by atoms with Gasteiger partial charge in [-0.1, -0.05) is 12.1 Å². The van der Waals surface area contributed by atoms with E-state index in [9.17, 15) is 4.79 Å². The standard InChI is InChI=1S/C11H10N2O2/c1-13-6-10(12-7-13)8-3-2-4-9(5-8)11(14)15/h2-7H,1H3,(H,14,15). The number of hydrogen-bond donors (Lipinski definition) is 1. The van der Waals surface area contributed by atoms with Gasteiger partial charge in [0, 0.05) is 18.8 Å². The predicted molar refractivity (Wildman–Crippen MR) is 55.6 cm³/mol. The molecule has 0 radical (unpaired) electrons. The summed E-state index contributed by atoms with van der Waals surface area (Å²) < 4.78 is 1.82. The first-order valence-corrected chi connectivity index (χ1v) is 4.48. The number of aromatic carboxylic acids is 1. The molecule has 0 fully saturated rings. The van der Waals surface area contributed by atoms with Gasteiger partial charge in [0.25, 0.3) is 0 Å². The van der Waals surface area contributed by atoms with Gasteiger partial charge in [-0.25, -0.2) is 9.78 Å². The molecule has 1 aromatic heterocycles. The Hall–Kier alpha value is -2.10. The normalized spacial score (nSPS) is 10.2. The van der Waals surface area contributed by atoms with Crippen LogP contribution in [0.5, 0.6) is 0 Å². The molecule has 2 aromatic rings. The molecular weight excluding hydrogens is 192 g/mol. The highest BCUT2D eigenvalue weighted by molar-refractivity contribution is 5.89. The van der Waals surface area contributed by atoms with Gasteiger partial charge < -0.3 is 9.67 Å². The molecule has 0 aliphatic heterocycles. The summed E-state index contributed by atoms with van der Waals surface area (Å²) in [7, 11) is 1.87. The number of nitrogens with zero attached hydrogens (tertiary/aromatic N) is 2. The molecule has 0 bridgehead atoms. The number of rotatable bonds is 2. The molecule has 4 nitrogen and oxygen atoms in total. The largest absolute Gasteiger partial charge is 0.478 e. The monoisotopic (exact) mass is 202 g/mol. The fourth-order valence-corrected chi connectivity index (χ4v) is 1.37. The average Bonchev–Trinajstić information content (AvgIpc) is 2.65. The third-order valence-corrected chi connectivity index (χ3v) is 2.11. The lowest BCUT2D eigenvalue weighted by Crippen LogP contribution is -1.95. The third-order valence-electron chi connectivity index (χ3n) is 2.11. The second kappa shape index (κ2) is 3.57. The molecule has 1 heterocycles. The molecule has 0 unspecified atom stereocenters. The quantitative estimate of drug-likeness (QED) is 0.807. The number of imidazole rings is 1. The summed E-state index contributed by atoms with van der Waals surface area (Å²) in [6.45, 7) is 0. The van der Waals surface area contributed by atoms with Gasteiger partial charge in [0.1, 0.15) is 0 Å². The first-order chi connectivity index (χ1) is 7.16. The van der Waals surface area contributed by atoms with E-state index in [1.54, 1.807) is 24.5 Å². The number of carboxylic acid groups (broad SMARTS) is 1. The number of aromatic nitrogens is 2.